The van der Waals surface area contributed by atoms with Crippen LogP contribution in [0.25, 0.3) is 10.9 Å². The monoisotopic (exact) mass is 504 g/mol. The van der Waals surface area contributed by atoms with E-state index in [2.05, 4.69) is 11.1 Å². The summed E-state index contributed by atoms with van der Waals surface area (Å²) in [7, 11) is 1.50. The standard InChI is InChI=1S/C28H28N2O5S/c1-34-16-18-13-25(31)27(33)28(35-18)22(17-7-9-19(36-2)10-8-17)14-26(32)30-12-11-21-20-5-3-4-6-23(20)29-24(21)15-30/h3-10,13,22,29,33H,11-12,14-16H2,1-2H3. The summed E-state index contributed by atoms with van der Waals surface area (Å²) in [6.45, 7) is 1.18. The Morgan fingerprint density at radius 1 is 1.22 bits per heavy atom. The van der Waals surface area contributed by atoms with Gasteiger partial charge in [0.2, 0.25) is 17.1 Å². The topological polar surface area (TPSA) is 95.8 Å². The van der Waals surface area contributed by atoms with E-state index in [4.69, 9.17) is 9.15 Å². The Hall–Kier alpha value is -3.49. The van der Waals surface area contributed by atoms with Crippen molar-refractivity contribution >= 4 is 28.6 Å². The number of nitrogens with zero attached hydrogens (tertiary/aromatic N) is 1. The SMILES string of the molecule is COCc1cc(=O)c(O)c(C(CC(=O)N2CCc3c([nH]c4ccccc34)C2)c2ccc(SC)cc2)o1. The number of benzene rings is 2. The Kier molecular flexibility index (Phi) is 6.89. The van der Waals surface area contributed by atoms with Crippen LogP contribution in [0.15, 0.2) is 68.7 Å². The second kappa shape index (κ2) is 10.2. The van der Waals surface area contributed by atoms with Gasteiger partial charge >= 0.3 is 0 Å². The molecule has 0 spiro atoms. The van der Waals surface area contributed by atoms with Crippen LogP contribution in [-0.4, -0.2) is 40.8 Å². The molecule has 0 saturated heterocycles. The van der Waals surface area contributed by atoms with Gasteiger partial charge in [-0.3, -0.25) is 9.59 Å². The van der Waals surface area contributed by atoms with E-state index < -0.39 is 17.1 Å². The van der Waals surface area contributed by atoms with Gasteiger partial charge in [-0.25, -0.2) is 0 Å². The molecule has 1 amide bonds. The first-order valence-electron chi connectivity index (χ1n) is 11.8. The number of aromatic hydroxyl groups is 1. The van der Waals surface area contributed by atoms with Gasteiger partial charge in [0.15, 0.2) is 5.76 Å². The second-order valence-corrected chi connectivity index (χ2v) is 9.83. The van der Waals surface area contributed by atoms with Crippen LogP contribution in [0.1, 0.15) is 40.7 Å². The van der Waals surface area contributed by atoms with Crippen LogP contribution in [0.2, 0.25) is 0 Å². The number of aromatic amines is 1. The first kappa shape index (κ1) is 24.2. The molecule has 3 heterocycles. The predicted octanol–water partition coefficient (Wildman–Crippen LogP) is 4.80. The van der Waals surface area contributed by atoms with Crippen LogP contribution < -0.4 is 5.43 Å². The molecule has 1 unspecified atom stereocenters. The summed E-state index contributed by atoms with van der Waals surface area (Å²) in [5.41, 5.74) is 3.62. The Morgan fingerprint density at radius 3 is 2.75 bits per heavy atom. The van der Waals surface area contributed by atoms with Gasteiger partial charge in [0.1, 0.15) is 12.4 Å². The summed E-state index contributed by atoms with van der Waals surface area (Å²) in [4.78, 5) is 32.5. The van der Waals surface area contributed by atoms with Crippen molar-refractivity contribution in [1.29, 1.82) is 0 Å². The third-order valence-electron chi connectivity index (χ3n) is 6.74. The van der Waals surface area contributed by atoms with Gasteiger partial charge in [-0.05, 0) is 42.0 Å². The molecule has 36 heavy (non-hydrogen) atoms. The number of aromatic nitrogens is 1. The van der Waals surface area contributed by atoms with Gasteiger partial charge in [-0.1, -0.05) is 30.3 Å². The van der Waals surface area contributed by atoms with Crippen molar-refractivity contribution in [2.24, 2.45) is 0 Å². The first-order valence-corrected chi connectivity index (χ1v) is 13.1. The van der Waals surface area contributed by atoms with E-state index in [9.17, 15) is 14.7 Å². The molecular weight excluding hydrogens is 476 g/mol. The lowest BCUT2D eigenvalue weighted by Crippen LogP contribution is -2.36. The van der Waals surface area contributed by atoms with Crippen LogP contribution >= 0.6 is 11.8 Å². The fourth-order valence-corrected chi connectivity index (χ4v) is 5.32. The number of thioether (sulfide) groups is 1. The summed E-state index contributed by atoms with van der Waals surface area (Å²) in [5.74, 6) is -0.783. The average molecular weight is 505 g/mol. The molecule has 0 radical (unpaired) electrons. The molecule has 0 saturated carbocycles. The minimum absolute atomic E-state index is 0.0567. The number of amides is 1. The van der Waals surface area contributed by atoms with Crippen LogP contribution in [0.4, 0.5) is 0 Å². The number of nitrogens with one attached hydrogen (secondary N) is 1. The minimum Gasteiger partial charge on any atom is -0.502 e. The maximum atomic E-state index is 13.6. The van der Waals surface area contributed by atoms with Crippen LogP contribution in [0.3, 0.4) is 0 Å². The number of methoxy groups -OCH3 is 1. The van der Waals surface area contributed by atoms with Gasteiger partial charge in [0.05, 0.1) is 12.5 Å². The number of para-hydroxylation sites is 1. The number of fused-ring (bicyclic) bond motifs is 3. The maximum absolute atomic E-state index is 13.6. The zero-order valence-electron chi connectivity index (χ0n) is 20.2. The maximum Gasteiger partial charge on any atom is 0.227 e. The molecular formula is C28H28N2O5S. The van der Waals surface area contributed by atoms with Crippen molar-refractivity contribution in [2.75, 3.05) is 19.9 Å². The molecule has 8 heteroatoms. The number of carbonyl (C=O) groups is 1. The lowest BCUT2D eigenvalue weighted by atomic mass is 9.91. The number of ether oxygens (including phenoxy) is 1. The summed E-state index contributed by atoms with van der Waals surface area (Å²) < 4.78 is 11.1. The molecule has 1 aliphatic heterocycles. The van der Waals surface area contributed by atoms with Gasteiger partial charge in [0.25, 0.3) is 0 Å². The predicted molar refractivity (Wildman–Crippen MR) is 139 cm³/mol. The Bertz CT molecular complexity index is 1460. The molecule has 1 aliphatic rings. The second-order valence-electron chi connectivity index (χ2n) is 8.95. The highest BCUT2D eigenvalue weighted by Crippen LogP contribution is 2.35. The molecule has 0 aliphatic carbocycles. The Morgan fingerprint density at radius 2 is 2.00 bits per heavy atom. The van der Waals surface area contributed by atoms with E-state index in [0.29, 0.717) is 18.8 Å². The van der Waals surface area contributed by atoms with Crippen molar-refractivity contribution < 1.29 is 19.1 Å². The smallest absolute Gasteiger partial charge is 0.227 e. The fraction of sp³-hybridized carbons (Fsp3) is 0.286. The Balaban J connectivity index is 1.47. The zero-order valence-corrected chi connectivity index (χ0v) is 21.1. The highest BCUT2D eigenvalue weighted by Gasteiger charge is 2.30. The normalized spacial score (nSPS) is 14.1. The molecule has 7 nitrogen and oxygen atoms in total. The molecule has 0 bridgehead atoms. The molecule has 0 fully saturated rings. The molecule has 2 aromatic heterocycles. The lowest BCUT2D eigenvalue weighted by Gasteiger charge is -2.29. The van der Waals surface area contributed by atoms with Gasteiger partial charge in [-0.2, -0.15) is 0 Å². The molecule has 2 N–H and O–H groups in total. The molecule has 1 atom stereocenters. The largest absolute Gasteiger partial charge is 0.502 e. The van der Waals surface area contributed by atoms with Crippen LogP contribution in [0.5, 0.6) is 5.75 Å². The number of H-pyrrole nitrogens is 1. The highest BCUT2D eigenvalue weighted by atomic mass is 32.2. The van der Waals surface area contributed by atoms with Gasteiger partial charge in [-0.15, -0.1) is 11.8 Å². The van der Waals surface area contributed by atoms with Crippen molar-refractivity contribution in [2.45, 2.75) is 36.8 Å². The van der Waals surface area contributed by atoms with Crippen molar-refractivity contribution in [3.8, 4) is 5.75 Å². The van der Waals surface area contributed by atoms with Crippen molar-refractivity contribution in [1.82, 2.24) is 9.88 Å². The van der Waals surface area contributed by atoms with E-state index >= 15 is 0 Å². The number of rotatable bonds is 7. The molecule has 186 valence electrons. The minimum atomic E-state index is -0.623. The van der Waals surface area contributed by atoms with E-state index in [1.54, 1.807) is 11.8 Å². The highest BCUT2D eigenvalue weighted by molar-refractivity contribution is 7.98. The molecule has 2 aromatic carbocycles. The van der Waals surface area contributed by atoms with Gasteiger partial charge < -0.3 is 24.1 Å². The van der Waals surface area contributed by atoms with Crippen molar-refractivity contribution in [3.63, 3.8) is 0 Å². The van der Waals surface area contributed by atoms with Gasteiger partial charge in [0, 0.05) is 47.6 Å². The number of hydrogen-bond acceptors (Lipinski definition) is 6. The fourth-order valence-electron chi connectivity index (χ4n) is 4.91. The van der Waals surface area contributed by atoms with E-state index in [-0.39, 0.29) is 24.7 Å². The van der Waals surface area contributed by atoms with E-state index in [1.165, 1.54) is 24.1 Å². The number of carbonyl (C=O) groups excluding carboxylic acids is 1. The first-order chi connectivity index (χ1) is 17.5. The van der Waals surface area contributed by atoms with Crippen LogP contribution in [-0.2, 0) is 29.1 Å². The summed E-state index contributed by atoms with van der Waals surface area (Å²) in [6, 6.07) is 17.2. The third kappa shape index (κ3) is 4.66. The Labute approximate surface area is 213 Å². The number of hydrogen-bond donors (Lipinski definition) is 2. The van der Waals surface area contributed by atoms with E-state index in [0.717, 1.165) is 28.1 Å². The zero-order chi connectivity index (χ0) is 25.2. The quantitative estimate of drug-likeness (QED) is 0.351. The van der Waals surface area contributed by atoms with Crippen molar-refractivity contribution in [3.05, 3.63) is 93.2 Å². The molecule has 4 aromatic rings. The summed E-state index contributed by atoms with van der Waals surface area (Å²) >= 11 is 1.61. The average Bonchev–Trinajstić information content (AvgIpc) is 3.27. The summed E-state index contributed by atoms with van der Waals surface area (Å²) in [6.07, 6.45) is 2.81. The molecule has 5 rings (SSSR count). The lowest BCUT2D eigenvalue weighted by molar-refractivity contribution is -0.132. The van der Waals surface area contributed by atoms with E-state index in [1.807, 2.05) is 53.6 Å². The third-order valence-corrected chi connectivity index (χ3v) is 7.48. The van der Waals surface area contributed by atoms with Crippen LogP contribution in [0, 0.1) is 0 Å². The summed E-state index contributed by atoms with van der Waals surface area (Å²) in [5, 5.41) is 11.9.